The Bertz CT molecular complexity index is 515. The number of carbonyl (C=O) groups excluding carboxylic acids is 1. The Labute approximate surface area is 129 Å². The summed E-state index contributed by atoms with van der Waals surface area (Å²) in [6, 6.07) is 9.43. The SMILES string of the molecule is C/C(O)=C/C(=O)OC(C)c1ccccc1.COP(=O)([O-])OC. The van der Waals surface area contributed by atoms with Crippen molar-refractivity contribution in [2.45, 2.75) is 20.0 Å². The summed E-state index contributed by atoms with van der Waals surface area (Å²) >= 11 is 0. The Morgan fingerprint density at radius 2 is 1.77 bits per heavy atom. The Hall–Kier alpha value is -1.66. The van der Waals surface area contributed by atoms with Gasteiger partial charge in [0.05, 0.1) is 11.8 Å². The van der Waals surface area contributed by atoms with Gasteiger partial charge in [-0.25, -0.2) is 4.79 Å². The first kappa shape index (κ1) is 20.3. The Morgan fingerprint density at radius 3 is 2.14 bits per heavy atom. The molecule has 1 aromatic carbocycles. The number of phosphoric ester groups is 1. The molecule has 124 valence electrons. The van der Waals surface area contributed by atoms with Crippen LogP contribution in [0.3, 0.4) is 0 Å². The molecule has 0 saturated carbocycles. The summed E-state index contributed by atoms with van der Waals surface area (Å²) < 4.78 is 22.8. The molecule has 1 N–H and O–H groups in total. The molecular weight excluding hydrogens is 311 g/mol. The fraction of sp³-hybridized carbons (Fsp3) is 0.357. The van der Waals surface area contributed by atoms with Gasteiger partial charge in [0.2, 0.25) is 0 Å². The number of hydrogen-bond acceptors (Lipinski definition) is 7. The molecule has 0 aliphatic carbocycles. The maximum absolute atomic E-state index is 11.2. The quantitative estimate of drug-likeness (QED) is 0.382. The van der Waals surface area contributed by atoms with E-state index >= 15 is 0 Å². The van der Waals surface area contributed by atoms with Crippen molar-refractivity contribution in [1.29, 1.82) is 0 Å². The van der Waals surface area contributed by atoms with Gasteiger partial charge in [0.15, 0.2) is 0 Å². The monoisotopic (exact) mass is 331 g/mol. The third-order valence-electron chi connectivity index (χ3n) is 2.34. The molecule has 0 radical (unpaired) electrons. The summed E-state index contributed by atoms with van der Waals surface area (Å²) in [5, 5.41) is 8.87. The average Bonchev–Trinajstić information content (AvgIpc) is 2.48. The molecular formula is C14H20O7P-. The third-order valence-corrected chi connectivity index (χ3v) is 3.23. The highest BCUT2D eigenvalue weighted by molar-refractivity contribution is 7.45. The summed E-state index contributed by atoms with van der Waals surface area (Å²) in [5.74, 6) is -0.591. The zero-order chi connectivity index (χ0) is 17.2. The maximum atomic E-state index is 11.2. The van der Waals surface area contributed by atoms with Gasteiger partial charge in [-0.2, -0.15) is 0 Å². The van der Waals surface area contributed by atoms with E-state index in [0.717, 1.165) is 25.9 Å². The number of esters is 1. The molecule has 0 amide bonds. The van der Waals surface area contributed by atoms with E-state index in [1.165, 1.54) is 6.92 Å². The van der Waals surface area contributed by atoms with Crippen LogP contribution in [0.4, 0.5) is 0 Å². The second-order valence-electron chi connectivity index (χ2n) is 4.09. The highest BCUT2D eigenvalue weighted by Gasteiger charge is 2.09. The van der Waals surface area contributed by atoms with E-state index in [1.807, 2.05) is 30.3 Å². The van der Waals surface area contributed by atoms with Crippen LogP contribution in [-0.4, -0.2) is 25.3 Å². The number of benzene rings is 1. The minimum atomic E-state index is -3.90. The number of hydrogen-bond donors (Lipinski definition) is 1. The second kappa shape index (κ2) is 10.1. The van der Waals surface area contributed by atoms with Gasteiger partial charge in [-0.1, -0.05) is 30.3 Å². The van der Waals surface area contributed by atoms with E-state index in [1.54, 1.807) is 6.92 Å². The van der Waals surface area contributed by atoms with Crippen LogP contribution in [0.2, 0.25) is 0 Å². The van der Waals surface area contributed by atoms with E-state index < -0.39 is 13.8 Å². The second-order valence-corrected chi connectivity index (χ2v) is 5.71. The van der Waals surface area contributed by atoms with Crippen molar-refractivity contribution in [3.8, 4) is 0 Å². The Morgan fingerprint density at radius 1 is 1.27 bits per heavy atom. The van der Waals surface area contributed by atoms with E-state index in [0.29, 0.717) is 0 Å². The lowest BCUT2D eigenvalue weighted by atomic mass is 10.1. The number of allylic oxidation sites excluding steroid dienone is 1. The molecule has 0 bridgehead atoms. The maximum Gasteiger partial charge on any atom is 0.334 e. The van der Waals surface area contributed by atoms with Gasteiger partial charge in [0.1, 0.15) is 6.10 Å². The summed E-state index contributed by atoms with van der Waals surface area (Å²) in [7, 11) is -1.83. The van der Waals surface area contributed by atoms with Crippen molar-refractivity contribution in [1.82, 2.24) is 0 Å². The van der Waals surface area contributed by atoms with Crippen LogP contribution in [0.15, 0.2) is 42.2 Å². The molecule has 0 saturated heterocycles. The predicted molar refractivity (Wildman–Crippen MR) is 79.0 cm³/mol. The number of aliphatic hydroxyl groups is 1. The average molecular weight is 331 g/mol. The van der Waals surface area contributed by atoms with Crippen LogP contribution in [-0.2, 0) is 23.1 Å². The number of carbonyl (C=O) groups is 1. The van der Waals surface area contributed by atoms with Crippen molar-refractivity contribution in [3.05, 3.63) is 47.7 Å². The molecule has 0 aliphatic rings. The molecule has 8 heteroatoms. The van der Waals surface area contributed by atoms with E-state index in [2.05, 4.69) is 9.05 Å². The lowest BCUT2D eigenvalue weighted by Crippen LogP contribution is -2.06. The summed E-state index contributed by atoms with van der Waals surface area (Å²) in [6.07, 6.45) is 0.744. The molecule has 0 spiro atoms. The first-order valence-corrected chi connectivity index (χ1v) is 7.73. The zero-order valence-corrected chi connectivity index (χ0v) is 13.8. The number of ether oxygens (including phenoxy) is 1. The molecule has 0 heterocycles. The number of phosphoric acid groups is 1. The van der Waals surface area contributed by atoms with Crippen molar-refractivity contribution >= 4 is 13.8 Å². The zero-order valence-electron chi connectivity index (χ0n) is 12.9. The summed E-state index contributed by atoms with van der Waals surface area (Å²) in [6.45, 7) is 3.21. The van der Waals surface area contributed by atoms with Gasteiger partial charge in [0.25, 0.3) is 7.82 Å². The fourth-order valence-corrected chi connectivity index (χ4v) is 1.39. The van der Waals surface area contributed by atoms with Crippen molar-refractivity contribution in [2.24, 2.45) is 0 Å². The lowest BCUT2D eigenvalue weighted by molar-refractivity contribution is -0.220. The van der Waals surface area contributed by atoms with Crippen molar-refractivity contribution < 1.29 is 33.1 Å². The Kier molecular flexibility index (Phi) is 9.37. The highest BCUT2D eigenvalue weighted by Crippen LogP contribution is 2.34. The van der Waals surface area contributed by atoms with Crippen LogP contribution in [0, 0.1) is 0 Å². The molecule has 1 unspecified atom stereocenters. The van der Waals surface area contributed by atoms with Crippen molar-refractivity contribution in [2.75, 3.05) is 14.2 Å². The van der Waals surface area contributed by atoms with Crippen molar-refractivity contribution in [3.63, 3.8) is 0 Å². The van der Waals surface area contributed by atoms with Gasteiger partial charge in [-0.3, -0.25) is 4.57 Å². The number of rotatable bonds is 5. The molecule has 1 rings (SSSR count). The van der Waals surface area contributed by atoms with Crippen LogP contribution < -0.4 is 4.89 Å². The van der Waals surface area contributed by atoms with Gasteiger partial charge < -0.3 is 23.8 Å². The minimum Gasteiger partial charge on any atom is -0.756 e. The first-order chi connectivity index (χ1) is 10.2. The molecule has 22 heavy (non-hydrogen) atoms. The molecule has 0 aromatic heterocycles. The van der Waals surface area contributed by atoms with Gasteiger partial charge in [0, 0.05) is 14.2 Å². The summed E-state index contributed by atoms with van der Waals surface area (Å²) in [5.41, 5.74) is 0.926. The van der Waals surface area contributed by atoms with Crippen LogP contribution in [0.5, 0.6) is 0 Å². The fourth-order valence-electron chi connectivity index (χ4n) is 1.25. The third kappa shape index (κ3) is 9.31. The highest BCUT2D eigenvalue weighted by atomic mass is 31.2. The predicted octanol–water partition coefficient (Wildman–Crippen LogP) is 2.50. The standard InChI is InChI=1S/C12H14O3.C2H7O4P/c1-9(13)8-12(14)15-10(2)11-6-4-3-5-7-11;1-5-7(3,4)6-2/h3-8,10,13H,1-2H3;1-2H3,(H,3,4)/p-1/b9-8-;. The summed E-state index contributed by atoms with van der Waals surface area (Å²) in [4.78, 5) is 21.1. The first-order valence-electron chi connectivity index (χ1n) is 6.27. The van der Waals surface area contributed by atoms with E-state index in [-0.39, 0.29) is 11.9 Å². The largest absolute Gasteiger partial charge is 0.756 e. The topological polar surface area (TPSA) is 105 Å². The minimum absolute atomic E-state index is 0.0553. The van der Waals surface area contributed by atoms with Gasteiger partial charge >= 0.3 is 5.97 Å². The van der Waals surface area contributed by atoms with Gasteiger partial charge in [-0.15, -0.1) is 0 Å². The van der Waals surface area contributed by atoms with E-state index in [9.17, 15) is 14.3 Å². The van der Waals surface area contributed by atoms with Gasteiger partial charge in [-0.05, 0) is 19.4 Å². The van der Waals surface area contributed by atoms with Crippen LogP contribution in [0.25, 0.3) is 0 Å². The van der Waals surface area contributed by atoms with Crippen LogP contribution >= 0.6 is 7.82 Å². The normalized spacial score (nSPS) is 12.9. The van der Waals surface area contributed by atoms with Crippen LogP contribution in [0.1, 0.15) is 25.5 Å². The molecule has 7 nitrogen and oxygen atoms in total. The smallest absolute Gasteiger partial charge is 0.334 e. The molecule has 0 fully saturated rings. The molecule has 1 atom stereocenters. The van der Waals surface area contributed by atoms with E-state index in [4.69, 9.17) is 9.84 Å². The molecule has 1 aromatic rings. The Balaban J connectivity index is 0.000000534. The molecule has 0 aliphatic heterocycles. The lowest BCUT2D eigenvalue weighted by Gasteiger charge is -2.16. The number of aliphatic hydroxyl groups excluding tert-OH is 1.